The molecule has 0 aromatic rings. The summed E-state index contributed by atoms with van der Waals surface area (Å²) in [4.78, 5) is 24.7. The van der Waals surface area contributed by atoms with Crippen molar-refractivity contribution < 1.29 is 24.2 Å². The van der Waals surface area contributed by atoms with Crippen molar-refractivity contribution in [3.8, 4) is 0 Å². The van der Waals surface area contributed by atoms with Gasteiger partial charge in [-0.2, -0.15) is 0 Å². The molecule has 5 heteroatoms. The van der Waals surface area contributed by atoms with E-state index in [1.165, 1.54) is 244 Å². The van der Waals surface area contributed by atoms with Crippen LogP contribution in [-0.4, -0.2) is 36.4 Å². The quantitative estimate of drug-likeness (QED) is 0.0373. The zero-order chi connectivity index (χ0) is 63.3. The maximum atomic E-state index is 12.4. The number of rotatable bonds is 70. The Labute approximate surface area is 547 Å². The Hall–Kier alpha value is -3.70. The number of carbonyl (C=O) groups excluding carboxylic acids is 2. The molecule has 0 aromatic heterocycles. The van der Waals surface area contributed by atoms with E-state index < -0.39 is 6.10 Å². The van der Waals surface area contributed by atoms with Gasteiger partial charge in [-0.1, -0.05) is 392 Å². The van der Waals surface area contributed by atoms with E-state index in [9.17, 15) is 14.7 Å². The molecule has 0 aliphatic carbocycles. The molecule has 0 saturated heterocycles. The van der Waals surface area contributed by atoms with Crippen molar-refractivity contribution in [2.45, 2.75) is 380 Å². The third-order valence-electron chi connectivity index (χ3n) is 16.8. The number of unbranched alkanes of at least 4 members (excludes halogenated alkanes) is 42. The molecule has 0 fully saturated rings. The second kappa shape index (κ2) is 77.5. The number of carbonyl (C=O) groups is 2. The first-order valence-electron chi connectivity index (χ1n) is 38.1. The average Bonchev–Trinajstić information content (AvgIpc) is 3.56. The Morgan fingerprint density at radius 1 is 0.273 bits per heavy atom. The molecule has 506 valence electrons. The van der Waals surface area contributed by atoms with Gasteiger partial charge in [-0.05, 0) is 89.9 Å². The first-order chi connectivity index (χ1) is 43.6. The minimum atomic E-state index is -0.781. The highest BCUT2D eigenvalue weighted by atomic mass is 16.6. The van der Waals surface area contributed by atoms with Gasteiger partial charge in [0.1, 0.15) is 6.61 Å². The summed E-state index contributed by atoms with van der Waals surface area (Å²) in [5, 5.41) is 9.72. The van der Waals surface area contributed by atoms with Crippen molar-refractivity contribution in [3.05, 3.63) is 122 Å². The van der Waals surface area contributed by atoms with Gasteiger partial charge in [0, 0.05) is 12.8 Å². The van der Waals surface area contributed by atoms with Gasteiger partial charge < -0.3 is 14.6 Å². The third kappa shape index (κ3) is 74.8. The molecule has 0 aromatic carbocycles. The van der Waals surface area contributed by atoms with Gasteiger partial charge in [-0.3, -0.25) is 9.59 Å². The van der Waals surface area contributed by atoms with Crippen molar-refractivity contribution >= 4 is 11.9 Å². The van der Waals surface area contributed by atoms with Gasteiger partial charge in [-0.15, -0.1) is 0 Å². The lowest BCUT2D eigenvalue weighted by Crippen LogP contribution is -2.28. The Morgan fingerprint density at radius 2 is 0.489 bits per heavy atom. The van der Waals surface area contributed by atoms with Gasteiger partial charge in [0.2, 0.25) is 0 Å². The van der Waals surface area contributed by atoms with Crippen LogP contribution < -0.4 is 0 Å². The molecule has 0 amide bonds. The van der Waals surface area contributed by atoms with Crippen LogP contribution in [-0.2, 0) is 19.1 Å². The lowest BCUT2D eigenvalue weighted by Gasteiger charge is -2.15. The molecular weight excluding hydrogens is 1080 g/mol. The zero-order valence-corrected chi connectivity index (χ0v) is 58.2. The van der Waals surface area contributed by atoms with Gasteiger partial charge in [-0.25, -0.2) is 0 Å². The van der Waals surface area contributed by atoms with E-state index in [1.807, 2.05) is 0 Å². The monoisotopic (exact) mass is 1220 g/mol. The van der Waals surface area contributed by atoms with E-state index in [0.717, 1.165) is 103 Å². The molecule has 88 heavy (non-hydrogen) atoms. The van der Waals surface area contributed by atoms with Crippen LogP contribution in [0.15, 0.2) is 122 Å². The van der Waals surface area contributed by atoms with Gasteiger partial charge in [0.25, 0.3) is 0 Å². The predicted molar refractivity (Wildman–Crippen MR) is 389 cm³/mol. The third-order valence-corrected chi connectivity index (χ3v) is 16.8. The standard InChI is InChI=1S/C83H144O5/c1-3-5-7-9-11-13-15-17-19-21-23-25-27-29-31-33-35-37-38-39-40-41-42-43-44-46-48-50-52-54-56-58-60-62-64-66-68-70-72-74-76-78-83(86)88-81(79-84)80-87-82(85)77-75-73-71-69-67-65-63-61-59-57-55-53-51-49-47-45-36-34-32-30-28-26-24-22-20-18-16-14-12-10-8-6-4-2/h5,7,11,13,17,19,23,25,29,31,35,37,39-40,42-43,46,48,52,54,81,84H,3-4,6,8-10,12,14-16,18,20-22,24,26-28,30,32-34,36,38,41,44-45,47,49-51,53,55-80H2,1-2H3/b7-5-,13-11-,19-17-,25-23-,31-29-,37-35-,40-39-,43-42-,48-46-,54-52-. The number of esters is 2. The van der Waals surface area contributed by atoms with Gasteiger partial charge >= 0.3 is 11.9 Å². The summed E-state index contributed by atoms with van der Waals surface area (Å²) in [6.07, 6.45) is 114. The normalized spacial score (nSPS) is 12.9. The van der Waals surface area contributed by atoms with E-state index in [1.54, 1.807) is 0 Å². The second-order valence-electron chi connectivity index (χ2n) is 25.4. The highest BCUT2D eigenvalue weighted by molar-refractivity contribution is 5.70. The topological polar surface area (TPSA) is 72.8 Å². The number of aliphatic hydroxyl groups excluding tert-OH is 1. The molecule has 1 N–H and O–H groups in total. The number of ether oxygens (including phenoxy) is 2. The van der Waals surface area contributed by atoms with Crippen molar-refractivity contribution in [1.29, 1.82) is 0 Å². The smallest absolute Gasteiger partial charge is 0.306 e. The van der Waals surface area contributed by atoms with Gasteiger partial charge in [0.05, 0.1) is 6.61 Å². The van der Waals surface area contributed by atoms with Crippen molar-refractivity contribution in [2.24, 2.45) is 0 Å². The van der Waals surface area contributed by atoms with Gasteiger partial charge in [0.15, 0.2) is 6.10 Å². The molecule has 1 atom stereocenters. The first kappa shape index (κ1) is 84.3. The Bertz CT molecular complexity index is 1720. The average molecular weight is 1220 g/mol. The highest BCUT2D eigenvalue weighted by Gasteiger charge is 2.16. The zero-order valence-electron chi connectivity index (χ0n) is 58.2. The summed E-state index contributed by atoms with van der Waals surface area (Å²) in [7, 11) is 0. The summed E-state index contributed by atoms with van der Waals surface area (Å²) >= 11 is 0. The van der Waals surface area contributed by atoms with E-state index in [2.05, 4.69) is 135 Å². The Balaban J connectivity index is 3.49. The van der Waals surface area contributed by atoms with E-state index in [4.69, 9.17) is 9.47 Å². The predicted octanol–water partition coefficient (Wildman–Crippen LogP) is 26.9. The highest BCUT2D eigenvalue weighted by Crippen LogP contribution is 2.19. The number of hydrogen-bond donors (Lipinski definition) is 1. The van der Waals surface area contributed by atoms with Crippen LogP contribution in [0.2, 0.25) is 0 Å². The largest absolute Gasteiger partial charge is 0.462 e. The second-order valence-corrected chi connectivity index (χ2v) is 25.4. The maximum Gasteiger partial charge on any atom is 0.306 e. The molecule has 0 spiro atoms. The van der Waals surface area contributed by atoms with Crippen molar-refractivity contribution in [2.75, 3.05) is 13.2 Å². The van der Waals surface area contributed by atoms with Crippen LogP contribution >= 0.6 is 0 Å². The SMILES string of the molecule is CC/C=C\C/C=C\C/C=C\C/C=C\C/C=C\C/C=C\C/C=C\C/C=C\C/C=C\C/C=C\CCCCCCCCCCCCC(=O)OC(CO)COC(=O)CCCCCCCCCCCCCCCCCCCCCCCCCCCCCCCCCCC. The van der Waals surface area contributed by atoms with Crippen molar-refractivity contribution in [3.63, 3.8) is 0 Å². The molecular formula is C83H144O5. The molecule has 0 bridgehead atoms. The molecule has 5 nitrogen and oxygen atoms in total. The van der Waals surface area contributed by atoms with E-state index in [0.29, 0.717) is 12.8 Å². The van der Waals surface area contributed by atoms with E-state index >= 15 is 0 Å². The van der Waals surface area contributed by atoms with E-state index in [-0.39, 0.29) is 25.2 Å². The summed E-state index contributed by atoms with van der Waals surface area (Å²) in [5.74, 6) is -0.584. The summed E-state index contributed by atoms with van der Waals surface area (Å²) < 4.78 is 10.8. The molecule has 0 aliphatic rings. The number of hydrogen-bond acceptors (Lipinski definition) is 5. The molecule has 1 unspecified atom stereocenters. The van der Waals surface area contributed by atoms with Crippen LogP contribution in [0.25, 0.3) is 0 Å². The van der Waals surface area contributed by atoms with Crippen LogP contribution in [0.1, 0.15) is 373 Å². The Morgan fingerprint density at radius 3 is 0.739 bits per heavy atom. The fourth-order valence-electron chi connectivity index (χ4n) is 11.1. The van der Waals surface area contributed by atoms with Crippen LogP contribution in [0.5, 0.6) is 0 Å². The molecule has 0 aliphatic heterocycles. The minimum absolute atomic E-state index is 0.0686. The molecule has 0 saturated carbocycles. The summed E-state index contributed by atoms with van der Waals surface area (Å²) in [6.45, 7) is 4.07. The molecule has 0 rings (SSSR count). The molecule has 0 radical (unpaired) electrons. The lowest BCUT2D eigenvalue weighted by atomic mass is 10.0. The van der Waals surface area contributed by atoms with Crippen LogP contribution in [0, 0.1) is 0 Å². The first-order valence-corrected chi connectivity index (χ1v) is 38.1. The minimum Gasteiger partial charge on any atom is -0.462 e. The lowest BCUT2D eigenvalue weighted by molar-refractivity contribution is -0.161. The van der Waals surface area contributed by atoms with Crippen LogP contribution in [0.3, 0.4) is 0 Å². The number of aliphatic hydroxyl groups is 1. The summed E-state index contributed by atoms with van der Waals surface area (Å²) in [6, 6.07) is 0. The molecule has 0 heterocycles. The fraction of sp³-hybridized carbons (Fsp3) is 0.735. The Kier molecular flexibility index (Phi) is 74.3. The van der Waals surface area contributed by atoms with Crippen molar-refractivity contribution in [1.82, 2.24) is 0 Å². The maximum absolute atomic E-state index is 12.4. The number of allylic oxidation sites excluding steroid dienone is 20. The van der Waals surface area contributed by atoms with Crippen LogP contribution in [0.4, 0.5) is 0 Å². The fourth-order valence-corrected chi connectivity index (χ4v) is 11.1. The summed E-state index contributed by atoms with van der Waals surface area (Å²) in [5.41, 5.74) is 0.